The largest absolute Gasteiger partial charge is 0.497 e. The van der Waals surface area contributed by atoms with Crippen LogP contribution in [0.4, 0.5) is 0 Å². The van der Waals surface area contributed by atoms with E-state index < -0.39 is 5.54 Å². The number of rotatable bonds is 4. The van der Waals surface area contributed by atoms with Crippen molar-refractivity contribution >= 4 is 29.1 Å². The van der Waals surface area contributed by atoms with E-state index in [1.807, 2.05) is 30.3 Å². The molecule has 2 aromatic carbocycles. The van der Waals surface area contributed by atoms with Crippen molar-refractivity contribution in [1.82, 2.24) is 5.32 Å². The first-order valence-electron chi connectivity index (χ1n) is 7.25. The second-order valence-electron chi connectivity index (χ2n) is 5.74. The van der Waals surface area contributed by atoms with Crippen LogP contribution < -0.4 is 15.8 Å². The number of halogens is 1. The zero-order valence-electron chi connectivity index (χ0n) is 12.6. The Hall–Kier alpha value is -1.78. The number of carbonyl (C=O) groups excluding carboxylic acids is 1. The molecule has 0 saturated heterocycles. The quantitative estimate of drug-likeness (QED) is 0.910. The minimum atomic E-state index is -0.635. The third-order valence-corrected chi connectivity index (χ3v) is 4.26. The predicted molar refractivity (Wildman–Crippen MR) is 90.4 cm³/mol. The summed E-state index contributed by atoms with van der Waals surface area (Å²) in [6.45, 7) is 0.514. The van der Waals surface area contributed by atoms with E-state index in [4.69, 9.17) is 10.5 Å². The fourth-order valence-corrected chi connectivity index (χ4v) is 2.65. The summed E-state index contributed by atoms with van der Waals surface area (Å²) in [6, 6.07) is 12.1. The number of amides is 1. The lowest BCUT2D eigenvalue weighted by Gasteiger charge is -2.36. The molecule has 3 rings (SSSR count). The highest BCUT2D eigenvalue weighted by molar-refractivity contribution is 5.87. The minimum absolute atomic E-state index is 0. The van der Waals surface area contributed by atoms with Crippen molar-refractivity contribution in [2.75, 3.05) is 7.11 Å². The summed E-state index contributed by atoms with van der Waals surface area (Å²) in [5.74, 6) is 0.808. The van der Waals surface area contributed by atoms with Gasteiger partial charge < -0.3 is 15.8 Å². The van der Waals surface area contributed by atoms with E-state index in [1.165, 1.54) is 0 Å². The number of ether oxygens (including phenoxy) is 1. The third kappa shape index (κ3) is 3.18. The molecule has 0 radical (unpaired) electrons. The van der Waals surface area contributed by atoms with Gasteiger partial charge in [0.2, 0.25) is 5.91 Å². The first-order valence-corrected chi connectivity index (χ1v) is 7.25. The van der Waals surface area contributed by atoms with Crippen LogP contribution in [0.3, 0.4) is 0 Å². The summed E-state index contributed by atoms with van der Waals surface area (Å²) in [6.07, 6.45) is 2.62. The van der Waals surface area contributed by atoms with Gasteiger partial charge in [0.1, 0.15) is 5.75 Å². The van der Waals surface area contributed by atoms with E-state index in [-0.39, 0.29) is 18.3 Å². The molecule has 0 atom stereocenters. The van der Waals surface area contributed by atoms with Gasteiger partial charge in [-0.15, -0.1) is 12.4 Å². The molecule has 118 valence electrons. The number of fused-ring (bicyclic) bond motifs is 1. The zero-order chi connectivity index (χ0) is 14.9. The van der Waals surface area contributed by atoms with Crippen molar-refractivity contribution in [3.05, 3.63) is 42.0 Å². The van der Waals surface area contributed by atoms with Gasteiger partial charge in [0.15, 0.2) is 0 Å². The van der Waals surface area contributed by atoms with Crippen LogP contribution in [0.2, 0.25) is 0 Å². The van der Waals surface area contributed by atoms with Gasteiger partial charge in [-0.2, -0.15) is 0 Å². The molecule has 1 aliphatic carbocycles. The van der Waals surface area contributed by atoms with E-state index in [2.05, 4.69) is 11.4 Å². The molecule has 0 unspecified atom stereocenters. The molecule has 4 nitrogen and oxygen atoms in total. The van der Waals surface area contributed by atoms with Gasteiger partial charge in [0.05, 0.1) is 12.6 Å². The van der Waals surface area contributed by atoms with Crippen molar-refractivity contribution in [2.45, 2.75) is 31.3 Å². The highest BCUT2D eigenvalue weighted by Gasteiger charge is 2.39. The number of hydrogen-bond donors (Lipinski definition) is 2. The minimum Gasteiger partial charge on any atom is -0.497 e. The average molecular weight is 321 g/mol. The van der Waals surface area contributed by atoms with Gasteiger partial charge in [-0.25, -0.2) is 0 Å². The lowest BCUT2D eigenvalue weighted by atomic mass is 9.77. The number of benzene rings is 2. The molecule has 5 heteroatoms. The van der Waals surface area contributed by atoms with Crippen molar-refractivity contribution in [3.8, 4) is 5.75 Å². The maximum atomic E-state index is 12.0. The number of nitrogens with one attached hydrogen (secondary N) is 1. The normalized spacial score (nSPS) is 15.5. The lowest BCUT2D eigenvalue weighted by molar-refractivity contribution is -0.129. The third-order valence-electron chi connectivity index (χ3n) is 4.26. The second kappa shape index (κ2) is 6.55. The van der Waals surface area contributed by atoms with Crippen LogP contribution in [0, 0.1) is 0 Å². The molecule has 1 aliphatic rings. The summed E-state index contributed by atoms with van der Waals surface area (Å²) in [5.41, 5.74) is 6.45. The Morgan fingerprint density at radius 1 is 1.23 bits per heavy atom. The van der Waals surface area contributed by atoms with Gasteiger partial charge >= 0.3 is 0 Å². The van der Waals surface area contributed by atoms with E-state index in [0.29, 0.717) is 6.54 Å². The number of hydrogen-bond acceptors (Lipinski definition) is 3. The number of nitrogens with two attached hydrogens (primary N) is 1. The first-order chi connectivity index (χ1) is 10.1. The van der Waals surface area contributed by atoms with Crippen LogP contribution >= 0.6 is 12.4 Å². The smallest absolute Gasteiger partial charge is 0.240 e. The van der Waals surface area contributed by atoms with E-state index in [1.54, 1.807) is 7.11 Å². The topological polar surface area (TPSA) is 64.3 Å². The average Bonchev–Trinajstić information content (AvgIpc) is 2.49. The van der Waals surface area contributed by atoms with Crippen LogP contribution in [0.5, 0.6) is 5.75 Å². The van der Waals surface area contributed by atoms with Gasteiger partial charge in [0.25, 0.3) is 0 Å². The van der Waals surface area contributed by atoms with Gasteiger partial charge in [-0.05, 0) is 53.8 Å². The summed E-state index contributed by atoms with van der Waals surface area (Å²) >= 11 is 0. The summed E-state index contributed by atoms with van der Waals surface area (Å²) in [5, 5.41) is 5.20. The van der Waals surface area contributed by atoms with Crippen molar-refractivity contribution in [3.63, 3.8) is 0 Å². The maximum Gasteiger partial charge on any atom is 0.240 e. The molecule has 1 saturated carbocycles. The lowest BCUT2D eigenvalue weighted by Crippen LogP contribution is -2.58. The maximum absolute atomic E-state index is 12.0. The molecule has 22 heavy (non-hydrogen) atoms. The molecule has 2 aromatic rings. The van der Waals surface area contributed by atoms with E-state index >= 15 is 0 Å². The fraction of sp³-hybridized carbons (Fsp3) is 0.353. The Morgan fingerprint density at radius 3 is 2.55 bits per heavy atom. The monoisotopic (exact) mass is 320 g/mol. The van der Waals surface area contributed by atoms with Crippen molar-refractivity contribution in [2.24, 2.45) is 5.73 Å². The number of carbonyl (C=O) groups is 1. The molecule has 1 amide bonds. The molecule has 1 fully saturated rings. The van der Waals surface area contributed by atoms with Crippen LogP contribution in [0.1, 0.15) is 24.8 Å². The molecule has 0 heterocycles. The van der Waals surface area contributed by atoms with Crippen LogP contribution in [-0.2, 0) is 11.3 Å². The van der Waals surface area contributed by atoms with Crippen molar-refractivity contribution < 1.29 is 9.53 Å². The highest BCUT2D eigenvalue weighted by Crippen LogP contribution is 2.29. The highest BCUT2D eigenvalue weighted by atomic mass is 35.5. The first kappa shape index (κ1) is 16.6. The Balaban J connectivity index is 0.00000176. The summed E-state index contributed by atoms with van der Waals surface area (Å²) in [4.78, 5) is 12.0. The summed E-state index contributed by atoms with van der Waals surface area (Å²) in [7, 11) is 1.66. The molecule has 0 aliphatic heterocycles. The predicted octanol–water partition coefficient (Wildman–Crippen LogP) is 2.77. The summed E-state index contributed by atoms with van der Waals surface area (Å²) < 4.78 is 5.22. The SMILES string of the molecule is COc1ccc2cc(CNC(=O)C3(N)CCC3)ccc2c1.Cl. The molecule has 0 spiro atoms. The Bertz CT molecular complexity index is 683. The molecular formula is C17H21ClN2O2. The van der Waals surface area contributed by atoms with E-state index in [0.717, 1.165) is 41.3 Å². The van der Waals surface area contributed by atoms with E-state index in [9.17, 15) is 4.79 Å². The van der Waals surface area contributed by atoms with Crippen LogP contribution in [-0.4, -0.2) is 18.6 Å². The number of methoxy groups -OCH3 is 1. The Labute approximate surface area is 136 Å². The Morgan fingerprint density at radius 2 is 1.91 bits per heavy atom. The standard InChI is InChI=1S/C17H20N2O2.ClH/c1-21-15-6-5-13-9-12(3-4-14(13)10-15)11-19-16(20)17(18)7-2-8-17;/h3-6,9-10H,2,7-8,11,18H2,1H3,(H,19,20);1H. The van der Waals surface area contributed by atoms with Crippen molar-refractivity contribution in [1.29, 1.82) is 0 Å². The zero-order valence-corrected chi connectivity index (χ0v) is 13.4. The van der Waals surface area contributed by atoms with Crippen LogP contribution in [0.15, 0.2) is 36.4 Å². The van der Waals surface area contributed by atoms with Crippen LogP contribution in [0.25, 0.3) is 10.8 Å². The second-order valence-corrected chi connectivity index (χ2v) is 5.74. The van der Waals surface area contributed by atoms with Gasteiger partial charge in [0, 0.05) is 6.54 Å². The molecule has 0 bridgehead atoms. The van der Waals surface area contributed by atoms with Gasteiger partial charge in [-0.1, -0.05) is 18.2 Å². The molecule has 0 aromatic heterocycles. The molecule has 3 N–H and O–H groups in total. The van der Waals surface area contributed by atoms with Gasteiger partial charge in [-0.3, -0.25) is 4.79 Å². The molecular weight excluding hydrogens is 300 g/mol. The Kier molecular flexibility index (Phi) is 4.94. The fourth-order valence-electron chi connectivity index (χ4n) is 2.65.